The smallest absolute Gasteiger partial charge is 0.240 e. The molecule has 30 heavy (non-hydrogen) atoms. The van der Waals surface area contributed by atoms with E-state index in [1.165, 1.54) is 5.57 Å². The van der Waals surface area contributed by atoms with Gasteiger partial charge < -0.3 is 20.7 Å². The minimum atomic E-state index is -0.395. The zero-order chi connectivity index (χ0) is 20.2. The predicted octanol–water partition coefficient (Wildman–Crippen LogP) is 1.29. The topological polar surface area (TPSA) is 122 Å². The summed E-state index contributed by atoms with van der Waals surface area (Å²) >= 11 is 0. The van der Waals surface area contributed by atoms with Crippen molar-refractivity contribution in [2.45, 2.75) is 25.3 Å². The average molecular weight is 403 g/mol. The second-order valence-corrected chi connectivity index (χ2v) is 8.04. The normalized spacial score (nSPS) is 21.3. The molecule has 152 valence electrons. The summed E-state index contributed by atoms with van der Waals surface area (Å²) < 4.78 is 5.83. The highest BCUT2D eigenvalue weighted by atomic mass is 16.5. The highest BCUT2D eigenvalue weighted by Gasteiger charge is 2.39. The van der Waals surface area contributed by atoms with Crippen molar-refractivity contribution < 1.29 is 9.53 Å². The van der Waals surface area contributed by atoms with E-state index in [9.17, 15) is 4.79 Å². The first-order valence-electron chi connectivity index (χ1n) is 10.1. The van der Waals surface area contributed by atoms with Gasteiger partial charge in [-0.2, -0.15) is 5.10 Å². The summed E-state index contributed by atoms with van der Waals surface area (Å²) in [5, 5.41) is 11.3. The molecule has 0 spiro atoms. The van der Waals surface area contributed by atoms with Crippen LogP contribution in [-0.4, -0.2) is 51.0 Å². The van der Waals surface area contributed by atoms with Crippen LogP contribution < -0.4 is 11.1 Å². The van der Waals surface area contributed by atoms with Crippen LogP contribution in [0.15, 0.2) is 58.5 Å². The van der Waals surface area contributed by atoms with Crippen molar-refractivity contribution >= 4 is 22.8 Å². The lowest BCUT2D eigenvalue weighted by Gasteiger charge is -2.30. The summed E-state index contributed by atoms with van der Waals surface area (Å²) in [6, 6.07) is 1.57. The summed E-state index contributed by atoms with van der Waals surface area (Å²) in [6.07, 6.45) is 10.0. The molecule has 1 amide bonds. The Hall–Kier alpha value is -3.62. The fraction of sp³-hybridized carbons (Fsp3) is 0.333. The van der Waals surface area contributed by atoms with Crippen molar-refractivity contribution in [1.29, 1.82) is 0 Å². The van der Waals surface area contributed by atoms with Gasteiger partial charge in [-0.1, -0.05) is 0 Å². The number of aliphatic imine (C=N–C) groups is 1. The summed E-state index contributed by atoms with van der Waals surface area (Å²) in [7, 11) is 0. The van der Waals surface area contributed by atoms with Crippen molar-refractivity contribution in [2.24, 2.45) is 16.6 Å². The molecular weight excluding hydrogens is 382 g/mol. The fourth-order valence-corrected chi connectivity index (χ4v) is 4.49. The molecule has 0 radical (unpaired) electrons. The van der Waals surface area contributed by atoms with E-state index < -0.39 is 6.04 Å². The number of ether oxygens (including phenoxy) is 1. The van der Waals surface area contributed by atoms with Gasteiger partial charge in [0.2, 0.25) is 5.91 Å². The number of hydrogen-bond acceptors (Lipinski definition) is 7. The molecule has 4 N–H and O–H groups in total. The number of nitrogens with one attached hydrogen (secondary N) is 2. The number of rotatable bonds is 5. The van der Waals surface area contributed by atoms with Crippen LogP contribution in [0.4, 0.5) is 0 Å². The molecule has 0 saturated heterocycles. The lowest BCUT2D eigenvalue weighted by atomic mass is 10.0. The Kier molecular flexibility index (Phi) is 3.71. The molecule has 1 aliphatic carbocycles. The van der Waals surface area contributed by atoms with Gasteiger partial charge in [-0.25, -0.2) is 9.98 Å². The van der Waals surface area contributed by atoms with Crippen LogP contribution in [-0.2, 0) is 9.53 Å². The van der Waals surface area contributed by atoms with Gasteiger partial charge in [0, 0.05) is 35.5 Å². The van der Waals surface area contributed by atoms with E-state index >= 15 is 0 Å². The molecule has 2 aromatic heterocycles. The lowest BCUT2D eigenvalue weighted by molar-refractivity contribution is -0.120. The first-order chi connectivity index (χ1) is 14.7. The Morgan fingerprint density at radius 2 is 2.30 bits per heavy atom. The van der Waals surface area contributed by atoms with Gasteiger partial charge in [-0.15, -0.1) is 0 Å². The molecule has 0 bridgehead atoms. The number of aromatic amines is 1. The van der Waals surface area contributed by atoms with Gasteiger partial charge >= 0.3 is 0 Å². The van der Waals surface area contributed by atoms with Crippen LogP contribution >= 0.6 is 0 Å². The Bertz CT molecular complexity index is 1180. The van der Waals surface area contributed by atoms with Crippen molar-refractivity contribution in [3.63, 3.8) is 0 Å². The highest BCUT2D eigenvalue weighted by Crippen LogP contribution is 2.40. The summed E-state index contributed by atoms with van der Waals surface area (Å²) in [5.41, 5.74) is 11.4. The zero-order valence-corrected chi connectivity index (χ0v) is 16.3. The van der Waals surface area contributed by atoms with Crippen LogP contribution in [0.25, 0.3) is 11.0 Å². The molecule has 1 unspecified atom stereocenters. The quantitative estimate of drug-likeness (QED) is 0.692. The first kappa shape index (κ1) is 17.3. The van der Waals surface area contributed by atoms with Gasteiger partial charge in [0.25, 0.3) is 0 Å². The van der Waals surface area contributed by atoms with Crippen LogP contribution in [0.5, 0.6) is 0 Å². The second kappa shape index (κ2) is 6.45. The van der Waals surface area contributed by atoms with E-state index in [1.807, 2.05) is 12.3 Å². The molecule has 1 fully saturated rings. The second-order valence-electron chi connectivity index (χ2n) is 8.04. The Labute approximate surface area is 172 Å². The number of fused-ring (bicyclic) bond motifs is 1. The maximum atomic E-state index is 12.0. The average Bonchev–Trinajstić information content (AvgIpc) is 3.35. The van der Waals surface area contributed by atoms with E-state index in [0.717, 1.165) is 65.2 Å². The van der Waals surface area contributed by atoms with Gasteiger partial charge in [0.1, 0.15) is 24.7 Å². The summed E-state index contributed by atoms with van der Waals surface area (Å²) in [6.45, 7) is 1.34. The molecule has 1 saturated carbocycles. The van der Waals surface area contributed by atoms with Gasteiger partial charge in [-0.05, 0) is 36.8 Å². The molecule has 6 rings (SSSR count). The van der Waals surface area contributed by atoms with Gasteiger partial charge in [0.05, 0.1) is 17.6 Å². The Balaban J connectivity index is 1.43. The maximum absolute atomic E-state index is 12.0. The third kappa shape index (κ3) is 2.62. The van der Waals surface area contributed by atoms with Crippen molar-refractivity contribution in [3.8, 4) is 0 Å². The van der Waals surface area contributed by atoms with Gasteiger partial charge in [0.15, 0.2) is 5.65 Å². The fourth-order valence-electron chi connectivity index (χ4n) is 4.49. The predicted molar refractivity (Wildman–Crippen MR) is 110 cm³/mol. The number of amides is 1. The van der Waals surface area contributed by atoms with Crippen molar-refractivity contribution in [3.05, 3.63) is 59.0 Å². The number of nitrogens with two attached hydrogens (primary N) is 1. The molecule has 5 heterocycles. The number of carbonyl (C=O) groups excluding carboxylic acids is 1. The lowest BCUT2D eigenvalue weighted by Crippen LogP contribution is -2.43. The van der Waals surface area contributed by atoms with Gasteiger partial charge in [-0.3, -0.25) is 9.89 Å². The standard InChI is InChI=1S/C21H21N7O2/c22-19(29)17(11-1-2-11)26-16-10-30-9-12-4-6-28-18(12)15(16)7-24-21(28)13-3-5-23-20-14(13)8-25-27-20/h3,5,7-8,10-11,17,26H,1-2,4,6,9H2,(H2,22,29)(H,23,25,27). The minimum absolute atomic E-state index is 0.286. The molecular formula is C21H21N7O2. The molecule has 2 aromatic rings. The number of hydrogen-bond donors (Lipinski definition) is 3. The monoisotopic (exact) mass is 403 g/mol. The number of pyridine rings is 1. The number of amidine groups is 1. The third-order valence-corrected chi connectivity index (χ3v) is 6.12. The molecule has 9 heteroatoms. The highest BCUT2D eigenvalue weighted by molar-refractivity contribution is 6.10. The third-order valence-electron chi connectivity index (χ3n) is 6.12. The number of nitrogens with zero attached hydrogens (tertiary/aromatic N) is 4. The first-order valence-corrected chi connectivity index (χ1v) is 10.1. The number of aromatic nitrogens is 3. The summed E-state index contributed by atoms with van der Waals surface area (Å²) in [4.78, 5) is 23.4. The maximum Gasteiger partial charge on any atom is 0.240 e. The molecule has 1 atom stereocenters. The van der Waals surface area contributed by atoms with E-state index in [-0.39, 0.29) is 11.8 Å². The minimum Gasteiger partial charge on any atom is -0.495 e. The SMILES string of the molecule is NC(=O)C(NC1=COCC2=C3C1=CN=C(c1ccnc4[nH]ncc14)N3CC2)C1CC1. The van der Waals surface area contributed by atoms with E-state index in [2.05, 4.69) is 25.4 Å². The molecule has 0 aromatic carbocycles. The van der Waals surface area contributed by atoms with Crippen LogP contribution in [0.2, 0.25) is 0 Å². The molecule has 3 aliphatic heterocycles. The van der Waals surface area contributed by atoms with Crippen LogP contribution in [0, 0.1) is 5.92 Å². The zero-order valence-electron chi connectivity index (χ0n) is 16.3. The molecule has 4 aliphatic rings. The van der Waals surface area contributed by atoms with E-state index in [0.29, 0.717) is 6.61 Å². The Morgan fingerprint density at radius 3 is 3.13 bits per heavy atom. The molecule has 9 nitrogen and oxygen atoms in total. The van der Waals surface area contributed by atoms with E-state index in [1.54, 1.807) is 18.7 Å². The van der Waals surface area contributed by atoms with Crippen LogP contribution in [0.3, 0.4) is 0 Å². The van der Waals surface area contributed by atoms with Crippen molar-refractivity contribution in [1.82, 2.24) is 25.4 Å². The van der Waals surface area contributed by atoms with E-state index in [4.69, 9.17) is 15.5 Å². The summed E-state index contributed by atoms with van der Waals surface area (Å²) in [5.74, 6) is 0.821. The number of carbonyl (C=O) groups is 1. The van der Waals surface area contributed by atoms with Crippen LogP contribution in [0.1, 0.15) is 24.8 Å². The van der Waals surface area contributed by atoms with Crippen molar-refractivity contribution in [2.75, 3.05) is 13.2 Å². The number of H-pyrrole nitrogens is 1. The largest absolute Gasteiger partial charge is 0.495 e. The Morgan fingerprint density at radius 1 is 1.40 bits per heavy atom. The number of primary amides is 1.